The number of nitrogens with zero attached hydrogens (tertiary/aromatic N) is 2. The first-order valence-corrected chi connectivity index (χ1v) is 6.84. The van der Waals surface area contributed by atoms with Crippen molar-refractivity contribution in [1.29, 1.82) is 0 Å². The molecule has 0 saturated heterocycles. The molecule has 1 atom stereocenters. The van der Waals surface area contributed by atoms with E-state index in [0.29, 0.717) is 18.9 Å². The van der Waals surface area contributed by atoms with Crippen molar-refractivity contribution < 1.29 is 14.3 Å². The number of benzene rings is 1. The number of carbonyl (C=O) groups is 1. The molecule has 6 nitrogen and oxygen atoms in total. The predicted octanol–water partition coefficient (Wildman–Crippen LogP) is 1.94. The molecule has 0 radical (unpaired) electrons. The van der Waals surface area contributed by atoms with Crippen LogP contribution < -0.4 is 10.5 Å². The summed E-state index contributed by atoms with van der Waals surface area (Å²) in [6, 6.07) is 4.79. The van der Waals surface area contributed by atoms with E-state index in [4.69, 9.17) is 15.2 Å². The highest BCUT2D eigenvalue weighted by molar-refractivity contribution is 9.10. The Kier molecular flexibility index (Phi) is 4.61. The number of methoxy groups -OCH3 is 2. The summed E-state index contributed by atoms with van der Waals surface area (Å²) in [7, 11) is 3.16. The smallest absolute Gasteiger partial charge is 0.346 e. The second-order valence-corrected chi connectivity index (χ2v) is 5.21. The van der Waals surface area contributed by atoms with Crippen LogP contribution in [0.15, 0.2) is 27.7 Å². The summed E-state index contributed by atoms with van der Waals surface area (Å²) in [5, 5.41) is 0. The molecule has 1 aliphatic rings. The number of ether oxygens (including phenoxy) is 2. The van der Waals surface area contributed by atoms with E-state index in [9.17, 15) is 4.79 Å². The topological polar surface area (TPSA) is 77.2 Å². The van der Waals surface area contributed by atoms with E-state index >= 15 is 0 Å². The van der Waals surface area contributed by atoms with Gasteiger partial charge in [-0.1, -0.05) is 15.9 Å². The van der Waals surface area contributed by atoms with Gasteiger partial charge < -0.3 is 20.1 Å². The lowest BCUT2D eigenvalue weighted by Crippen LogP contribution is -2.35. The Labute approximate surface area is 125 Å². The maximum absolute atomic E-state index is 11.9. The number of nitrogens with two attached hydrogens (primary N) is 1. The Bertz CT molecular complexity index is 548. The number of hydrogen-bond donors (Lipinski definition) is 1. The van der Waals surface area contributed by atoms with E-state index in [2.05, 4.69) is 20.9 Å². The van der Waals surface area contributed by atoms with E-state index in [-0.39, 0.29) is 11.9 Å². The van der Waals surface area contributed by atoms with Crippen LogP contribution in [0.4, 0.5) is 4.79 Å². The summed E-state index contributed by atoms with van der Waals surface area (Å²) >= 11 is 3.42. The first-order chi connectivity index (χ1) is 9.58. The summed E-state index contributed by atoms with van der Waals surface area (Å²) in [6.07, 6.45) is 0. The second kappa shape index (κ2) is 6.23. The van der Waals surface area contributed by atoms with Gasteiger partial charge in [-0.15, -0.1) is 0 Å². The van der Waals surface area contributed by atoms with Gasteiger partial charge in [0.25, 0.3) is 0 Å². The van der Waals surface area contributed by atoms with Crippen molar-refractivity contribution in [3.05, 3.63) is 28.2 Å². The minimum atomic E-state index is -0.426. The summed E-state index contributed by atoms with van der Waals surface area (Å²) in [6.45, 7) is 0.835. The Morgan fingerprint density at radius 3 is 2.85 bits per heavy atom. The Morgan fingerprint density at radius 2 is 2.20 bits per heavy atom. The lowest BCUT2D eigenvalue weighted by atomic mass is 10.0. The molecule has 0 spiro atoms. The Hall–Kier alpha value is -1.60. The minimum absolute atomic E-state index is 0.266. The van der Waals surface area contributed by atoms with E-state index in [1.54, 1.807) is 19.1 Å². The van der Waals surface area contributed by atoms with Gasteiger partial charge >= 0.3 is 6.03 Å². The van der Waals surface area contributed by atoms with Crippen LogP contribution in [0.3, 0.4) is 0 Å². The molecule has 2 N–H and O–H groups in total. The third-order valence-electron chi connectivity index (χ3n) is 3.08. The van der Waals surface area contributed by atoms with Crippen LogP contribution in [0, 0.1) is 0 Å². The maximum atomic E-state index is 11.9. The highest BCUT2D eigenvalue weighted by Crippen LogP contribution is 2.34. The zero-order chi connectivity index (χ0) is 14.7. The van der Waals surface area contributed by atoms with Gasteiger partial charge in [-0.2, -0.15) is 4.99 Å². The van der Waals surface area contributed by atoms with Gasteiger partial charge in [-0.25, -0.2) is 4.79 Å². The van der Waals surface area contributed by atoms with Gasteiger partial charge in [0.05, 0.1) is 13.7 Å². The van der Waals surface area contributed by atoms with E-state index in [1.807, 2.05) is 18.2 Å². The molecular formula is C13H16BrN3O3. The molecule has 0 bridgehead atoms. The first kappa shape index (κ1) is 14.8. The van der Waals surface area contributed by atoms with Crippen molar-refractivity contribution >= 4 is 27.8 Å². The molecule has 0 saturated carbocycles. The normalized spacial score (nSPS) is 18.4. The number of hydrogen-bond acceptors (Lipinski definition) is 4. The second-order valence-electron chi connectivity index (χ2n) is 4.29. The van der Waals surface area contributed by atoms with Crippen LogP contribution in [0.2, 0.25) is 0 Å². The number of amidine groups is 1. The summed E-state index contributed by atoms with van der Waals surface area (Å²) in [5.41, 5.74) is 6.71. The molecule has 2 amide bonds. The van der Waals surface area contributed by atoms with E-state index in [0.717, 1.165) is 10.0 Å². The van der Waals surface area contributed by atoms with Gasteiger partial charge in [0.1, 0.15) is 17.6 Å². The van der Waals surface area contributed by atoms with Crippen molar-refractivity contribution in [3.63, 3.8) is 0 Å². The Balaban J connectivity index is 2.40. The number of carbonyl (C=O) groups excluding carboxylic acids is 1. The predicted molar refractivity (Wildman–Crippen MR) is 79.0 cm³/mol. The molecule has 1 heterocycles. The minimum Gasteiger partial charge on any atom is -0.496 e. The highest BCUT2D eigenvalue weighted by atomic mass is 79.9. The third-order valence-corrected chi connectivity index (χ3v) is 3.58. The standard InChI is InChI=1S/C13H16BrN3O3/c1-19-6-5-17-11(12(15)16-13(17)18)9-7-8(14)3-4-10(9)20-2/h3-4,7,11H,5-6H2,1-2H3,(H2,15,16,18). The molecule has 20 heavy (non-hydrogen) atoms. The summed E-state index contributed by atoms with van der Waals surface area (Å²) in [5.74, 6) is 0.927. The van der Waals surface area contributed by atoms with Crippen molar-refractivity contribution in [1.82, 2.24) is 4.90 Å². The van der Waals surface area contributed by atoms with Crippen molar-refractivity contribution in [2.45, 2.75) is 6.04 Å². The van der Waals surface area contributed by atoms with Crippen LogP contribution in [-0.2, 0) is 4.74 Å². The van der Waals surface area contributed by atoms with Crippen molar-refractivity contribution in [2.24, 2.45) is 10.7 Å². The molecule has 2 rings (SSSR count). The van der Waals surface area contributed by atoms with Crippen LogP contribution in [0.25, 0.3) is 0 Å². The molecule has 0 aliphatic carbocycles. The van der Waals surface area contributed by atoms with E-state index in [1.165, 1.54) is 0 Å². The number of rotatable bonds is 5. The lowest BCUT2D eigenvalue weighted by Gasteiger charge is -2.25. The van der Waals surface area contributed by atoms with Gasteiger partial charge in [0.15, 0.2) is 0 Å². The first-order valence-electron chi connectivity index (χ1n) is 6.05. The number of urea groups is 1. The fourth-order valence-corrected chi connectivity index (χ4v) is 2.55. The van der Waals surface area contributed by atoms with Gasteiger partial charge in [-0.05, 0) is 18.2 Å². The van der Waals surface area contributed by atoms with Crippen LogP contribution in [0.5, 0.6) is 5.75 Å². The monoisotopic (exact) mass is 341 g/mol. The molecule has 1 aromatic carbocycles. The summed E-state index contributed by atoms with van der Waals surface area (Å²) < 4.78 is 11.3. The average Bonchev–Trinajstić information content (AvgIpc) is 2.70. The van der Waals surface area contributed by atoms with Gasteiger partial charge in [-0.3, -0.25) is 0 Å². The van der Waals surface area contributed by atoms with Crippen molar-refractivity contribution in [2.75, 3.05) is 27.4 Å². The zero-order valence-electron chi connectivity index (χ0n) is 11.3. The fraction of sp³-hybridized carbons (Fsp3) is 0.385. The summed E-state index contributed by atoms with van der Waals surface area (Å²) in [4.78, 5) is 17.3. The molecule has 108 valence electrons. The number of aliphatic imine (C=N–C) groups is 1. The molecule has 0 fully saturated rings. The lowest BCUT2D eigenvalue weighted by molar-refractivity contribution is 0.150. The molecule has 1 aromatic rings. The fourth-order valence-electron chi connectivity index (χ4n) is 2.17. The Morgan fingerprint density at radius 1 is 1.45 bits per heavy atom. The molecule has 1 unspecified atom stereocenters. The SMILES string of the molecule is COCCN1C(=O)N=C(N)C1c1cc(Br)ccc1OC. The van der Waals surface area contributed by atoms with Crippen LogP contribution in [-0.4, -0.2) is 44.1 Å². The van der Waals surface area contributed by atoms with Crippen molar-refractivity contribution in [3.8, 4) is 5.75 Å². The molecule has 7 heteroatoms. The van der Waals surface area contributed by atoms with Crippen LogP contribution >= 0.6 is 15.9 Å². The molecular weight excluding hydrogens is 326 g/mol. The molecule has 1 aliphatic heterocycles. The quantitative estimate of drug-likeness (QED) is 0.887. The zero-order valence-corrected chi connectivity index (χ0v) is 12.9. The largest absolute Gasteiger partial charge is 0.496 e. The molecule has 0 aromatic heterocycles. The number of halogens is 1. The number of amides is 2. The van der Waals surface area contributed by atoms with Gasteiger partial charge in [0.2, 0.25) is 0 Å². The highest BCUT2D eigenvalue weighted by Gasteiger charge is 2.36. The van der Waals surface area contributed by atoms with E-state index < -0.39 is 6.04 Å². The van der Waals surface area contributed by atoms with Gasteiger partial charge in [0, 0.05) is 23.7 Å². The maximum Gasteiger partial charge on any atom is 0.346 e. The average molecular weight is 342 g/mol. The third kappa shape index (κ3) is 2.78. The van der Waals surface area contributed by atoms with Crippen LogP contribution in [0.1, 0.15) is 11.6 Å².